The third-order valence-corrected chi connectivity index (χ3v) is 5.66. The summed E-state index contributed by atoms with van der Waals surface area (Å²) in [6.45, 7) is 2.79. The van der Waals surface area contributed by atoms with Crippen molar-refractivity contribution >= 4 is 40.3 Å². The first-order chi connectivity index (χ1) is 13.5. The molecular weight excluding hydrogens is 399 g/mol. The average Bonchev–Trinajstić information content (AvgIpc) is 3.36. The number of rotatable bonds is 2. The minimum Gasteiger partial charge on any atom is -0.478 e. The normalized spacial score (nSPS) is 16.8. The van der Waals surface area contributed by atoms with Crippen molar-refractivity contribution in [3.63, 3.8) is 0 Å². The van der Waals surface area contributed by atoms with Gasteiger partial charge < -0.3 is 14.4 Å². The summed E-state index contributed by atoms with van der Waals surface area (Å²) < 4.78 is 5.56. The Labute approximate surface area is 172 Å². The predicted octanol–water partition coefficient (Wildman–Crippen LogP) is 5.74. The Morgan fingerprint density at radius 2 is 1.75 bits per heavy atom. The zero-order valence-corrected chi connectivity index (χ0v) is 16.7. The van der Waals surface area contributed by atoms with Crippen molar-refractivity contribution in [3.8, 4) is 11.5 Å². The van der Waals surface area contributed by atoms with Gasteiger partial charge in [-0.1, -0.05) is 23.2 Å². The number of hydrogen-bond donors (Lipinski definition) is 1. The van der Waals surface area contributed by atoms with E-state index in [0.29, 0.717) is 32.6 Å². The highest BCUT2D eigenvalue weighted by molar-refractivity contribution is 6.35. The molecule has 0 unspecified atom stereocenters. The first-order valence-electron chi connectivity index (χ1n) is 9.34. The monoisotopic (exact) mass is 418 g/mol. The van der Waals surface area contributed by atoms with Gasteiger partial charge in [0.05, 0.1) is 5.56 Å². The van der Waals surface area contributed by atoms with Crippen LogP contribution in [0.3, 0.4) is 0 Å². The fourth-order valence-electron chi connectivity index (χ4n) is 3.90. The number of aromatic carboxylic acids is 1. The number of aromatic nitrogens is 1. The molecule has 2 fully saturated rings. The van der Waals surface area contributed by atoms with Gasteiger partial charge in [0.2, 0.25) is 5.89 Å². The Kier molecular flexibility index (Phi) is 5.58. The van der Waals surface area contributed by atoms with Gasteiger partial charge in [0.15, 0.2) is 5.58 Å². The van der Waals surface area contributed by atoms with Crippen molar-refractivity contribution in [3.05, 3.63) is 52.0 Å². The molecule has 0 spiro atoms. The van der Waals surface area contributed by atoms with Gasteiger partial charge in [-0.05, 0) is 75.2 Å². The molecule has 2 saturated heterocycles. The van der Waals surface area contributed by atoms with Crippen molar-refractivity contribution in [1.82, 2.24) is 9.88 Å². The van der Waals surface area contributed by atoms with Gasteiger partial charge in [-0.2, -0.15) is 0 Å². The topological polar surface area (TPSA) is 66.6 Å². The fourth-order valence-corrected chi connectivity index (χ4v) is 4.43. The van der Waals surface area contributed by atoms with E-state index < -0.39 is 5.97 Å². The largest absolute Gasteiger partial charge is 0.478 e. The molecule has 146 valence electrons. The van der Waals surface area contributed by atoms with Crippen LogP contribution in [0, 0.1) is 0 Å². The zero-order chi connectivity index (χ0) is 19.7. The van der Waals surface area contributed by atoms with Gasteiger partial charge >= 0.3 is 5.97 Å². The highest BCUT2D eigenvalue weighted by Crippen LogP contribution is 2.29. The lowest BCUT2D eigenvalue weighted by molar-refractivity contribution is 0.0697. The second kappa shape index (κ2) is 8.11. The predicted molar refractivity (Wildman–Crippen MR) is 110 cm³/mol. The van der Waals surface area contributed by atoms with E-state index in [-0.39, 0.29) is 5.56 Å². The summed E-state index contributed by atoms with van der Waals surface area (Å²) in [4.78, 5) is 17.8. The van der Waals surface area contributed by atoms with Gasteiger partial charge in [-0.25, -0.2) is 9.78 Å². The maximum absolute atomic E-state index is 10.9. The maximum Gasteiger partial charge on any atom is 0.335 e. The van der Waals surface area contributed by atoms with E-state index in [2.05, 4.69) is 9.88 Å². The number of carboxylic acid groups (broad SMARTS) is 1. The minimum absolute atomic E-state index is 0.143. The Bertz CT molecular complexity index is 978. The van der Waals surface area contributed by atoms with Crippen LogP contribution in [0.4, 0.5) is 0 Å². The zero-order valence-electron chi connectivity index (χ0n) is 15.2. The van der Waals surface area contributed by atoms with Crippen LogP contribution in [0.25, 0.3) is 22.6 Å². The van der Waals surface area contributed by atoms with E-state index >= 15 is 0 Å². The molecule has 1 aromatic heterocycles. The van der Waals surface area contributed by atoms with Crippen LogP contribution >= 0.6 is 23.2 Å². The second-order valence-electron chi connectivity index (χ2n) is 7.14. The van der Waals surface area contributed by atoms with Gasteiger partial charge in [-0.3, -0.25) is 0 Å². The van der Waals surface area contributed by atoms with Crippen LogP contribution < -0.4 is 0 Å². The summed E-state index contributed by atoms with van der Waals surface area (Å²) in [5, 5.41) is 9.89. The number of fused-ring (bicyclic) bond motifs is 2. The first-order valence-corrected chi connectivity index (χ1v) is 10.1. The van der Waals surface area contributed by atoms with Crippen LogP contribution in [0.5, 0.6) is 0 Å². The van der Waals surface area contributed by atoms with Crippen LogP contribution in [0.15, 0.2) is 40.8 Å². The molecule has 3 aromatic rings. The van der Waals surface area contributed by atoms with Gasteiger partial charge in [0.1, 0.15) is 5.52 Å². The molecule has 0 saturated carbocycles. The first kappa shape index (κ1) is 19.2. The second-order valence-corrected chi connectivity index (χ2v) is 8.01. The summed E-state index contributed by atoms with van der Waals surface area (Å²) in [6.07, 6.45) is 5.90. The number of carbonyl (C=O) groups is 1. The molecule has 5 rings (SSSR count). The summed E-state index contributed by atoms with van der Waals surface area (Å²) in [5.41, 5.74) is 1.75. The van der Waals surface area contributed by atoms with E-state index in [1.807, 2.05) is 0 Å². The Balaban J connectivity index is 0.000000198. The van der Waals surface area contributed by atoms with Gasteiger partial charge in [0.25, 0.3) is 0 Å². The highest BCUT2D eigenvalue weighted by Gasteiger charge is 2.27. The summed E-state index contributed by atoms with van der Waals surface area (Å²) in [5.74, 6) is -0.678. The van der Waals surface area contributed by atoms with Crippen molar-refractivity contribution in [1.29, 1.82) is 0 Å². The molecule has 28 heavy (non-hydrogen) atoms. The number of benzene rings is 2. The molecule has 2 aromatic carbocycles. The van der Waals surface area contributed by atoms with Crippen LogP contribution in [-0.2, 0) is 0 Å². The molecule has 0 bridgehead atoms. The quantitative estimate of drug-likeness (QED) is 0.574. The third kappa shape index (κ3) is 4.17. The Morgan fingerprint density at radius 1 is 1.07 bits per heavy atom. The number of hydrogen-bond acceptors (Lipinski definition) is 4. The molecular formula is C21H20Cl2N2O3. The van der Waals surface area contributed by atoms with Crippen molar-refractivity contribution in [2.45, 2.75) is 31.7 Å². The van der Waals surface area contributed by atoms with E-state index in [0.717, 1.165) is 6.04 Å². The minimum atomic E-state index is -1.02. The van der Waals surface area contributed by atoms with E-state index in [4.69, 9.17) is 32.7 Å². The molecule has 5 nitrogen and oxygen atoms in total. The molecule has 3 heterocycles. The molecule has 0 aliphatic carbocycles. The molecule has 2 aliphatic heterocycles. The van der Waals surface area contributed by atoms with E-state index in [1.54, 1.807) is 24.3 Å². The number of carboxylic acids is 1. The van der Waals surface area contributed by atoms with Crippen LogP contribution in [-0.4, -0.2) is 40.1 Å². The van der Waals surface area contributed by atoms with E-state index in [9.17, 15) is 4.79 Å². The summed E-state index contributed by atoms with van der Waals surface area (Å²) >= 11 is 11.9. The lowest BCUT2D eigenvalue weighted by atomic mass is 10.2. The lowest BCUT2D eigenvalue weighted by Gasteiger charge is -2.11. The van der Waals surface area contributed by atoms with Crippen molar-refractivity contribution in [2.75, 3.05) is 13.1 Å². The maximum atomic E-state index is 10.9. The lowest BCUT2D eigenvalue weighted by Crippen LogP contribution is -2.21. The third-order valence-electron chi connectivity index (χ3n) is 5.23. The molecule has 0 atom stereocenters. The van der Waals surface area contributed by atoms with Crippen molar-refractivity contribution in [2.24, 2.45) is 0 Å². The number of nitrogens with zero attached hydrogens (tertiary/aromatic N) is 2. The highest BCUT2D eigenvalue weighted by atomic mass is 35.5. The standard InChI is InChI=1S/C14H7Cl2NO3.C7H13N/c15-9-3-8(4-10(16)6-9)13-17-11-2-1-7(14(18)19)5-12(11)20-13;1-3-7-4-2-6-8(7)5-1/h1-6H,(H,18,19);7H,1-6H2. The SMILES string of the molecule is C1CC2CCCN2C1.O=C(O)c1ccc2nc(-c3cc(Cl)cc(Cl)c3)oc2c1. The number of oxazole rings is 1. The fraction of sp³-hybridized carbons (Fsp3) is 0.333. The Morgan fingerprint density at radius 3 is 2.36 bits per heavy atom. The summed E-state index contributed by atoms with van der Waals surface area (Å²) in [6, 6.07) is 10.5. The van der Waals surface area contributed by atoms with E-state index in [1.165, 1.54) is 50.9 Å². The molecule has 7 heteroatoms. The van der Waals surface area contributed by atoms with Gasteiger partial charge in [-0.15, -0.1) is 0 Å². The number of halogens is 2. The van der Waals surface area contributed by atoms with Gasteiger partial charge in [0, 0.05) is 21.7 Å². The Hall–Kier alpha value is -2.08. The molecule has 2 aliphatic rings. The van der Waals surface area contributed by atoms with Crippen molar-refractivity contribution < 1.29 is 14.3 Å². The average molecular weight is 419 g/mol. The van der Waals surface area contributed by atoms with Crippen LogP contribution in [0.2, 0.25) is 10.0 Å². The molecule has 0 radical (unpaired) electrons. The smallest absolute Gasteiger partial charge is 0.335 e. The molecule has 0 amide bonds. The summed E-state index contributed by atoms with van der Waals surface area (Å²) in [7, 11) is 0. The molecule has 1 N–H and O–H groups in total. The van der Waals surface area contributed by atoms with Crippen LogP contribution in [0.1, 0.15) is 36.0 Å².